The number of halogens is 1. The van der Waals surface area contributed by atoms with Gasteiger partial charge in [0, 0.05) is 4.47 Å². The third-order valence-electron chi connectivity index (χ3n) is 3.21. The van der Waals surface area contributed by atoms with Gasteiger partial charge in [-0.15, -0.1) is 0 Å². The van der Waals surface area contributed by atoms with Gasteiger partial charge in [0.1, 0.15) is 0 Å². The number of methoxy groups -OCH3 is 1. The molecule has 0 saturated heterocycles. The van der Waals surface area contributed by atoms with Crippen LogP contribution in [0.5, 0.6) is 11.5 Å². The minimum Gasteiger partial charge on any atom is -0.493 e. The lowest BCUT2D eigenvalue weighted by Gasteiger charge is -2.18. The van der Waals surface area contributed by atoms with Gasteiger partial charge in [-0.1, -0.05) is 15.9 Å². The zero-order valence-corrected chi connectivity index (χ0v) is 12.2. The zero-order chi connectivity index (χ0) is 13.1. The van der Waals surface area contributed by atoms with Crippen molar-refractivity contribution in [3.8, 4) is 11.5 Å². The SMILES string of the molecule is COc1cc(Br)cc(C(C)=O)c1OC1CCCC1. The second-order valence-corrected chi connectivity index (χ2v) is 5.48. The van der Waals surface area contributed by atoms with Crippen LogP contribution in [0, 0.1) is 0 Å². The maximum absolute atomic E-state index is 11.7. The fourth-order valence-corrected chi connectivity index (χ4v) is 2.71. The molecule has 0 spiro atoms. The van der Waals surface area contributed by atoms with Crippen LogP contribution < -0.4 is 9.47 Å². The molecule has 3 nitrogen and oxygen atoms in total. The molecule has 1 aromatic carbocycles. The highest BCUT2D eigenvalue weighted by molar-refractivity contribution is 9.10. The van der Waals surface area contributed by atoms with Gasteiger partial charge in [-0.3, -0.25) is 4.79 Å². The minimum absolute atomic E-state index is 0.0115. The van der Waals surface area contributed by atoms with Gasteiger partial charge in [0.15, 0.2) is 17.3 Å². The minimum atomic E-state index is -0.0115. The molecule has 0 aliphatic heterocycles. The highest BCUT2D eigenvalue weighted by Gasteiger charge is 2.22. The van der Waals surface area contributed by atoms with Crippen molar-refractivity contribution < 1.29 is 14.3 Å². The van der Waals surface area contributed by atoms with Crippen molar-refractivity contribution in [2.45, 2.75) is 38.7 Å². The highest BCUT2D eigenvalue weighted by Crippen LogP contribution is 2.37. The highest BCUT2D eigenvalue weighted by atomic mass is 79.9. The van der Waals surface area contributed by atoms with Crippen molar-refractivity contribution in [1.29, 1.82) is 0 Å². The molecule has 0 bridgehead atoms. The van der Waals surface area contributed by atoms with E-state index in [2.05, 4.69) is 15.9 Å². The molecule has 1 saturated carbocycles. The van der Waals surface area contributed by atoms with Crippen LogP contribution in [-0.4, -0.2) is 19.0 Å². The van der Waals surface area contributed by atoms with E-state index in [1.165, 1.54) is 12.8 Å². The Hall–Kier alpha value is -1.03. The molecule has 0 atom stereocenters. The third kappa shape index (κ3) is 2.86. The number of benzene rings is 1. The van der Waals surface area contributed by atoms with E-state index in [0.29, 0.717) is 17.1 Å². The molecule has 2 rings (SSSR count). The first-order valence-corrected chi connectivity index (χ1v) is 6.96. The van der Waals surface area contributed by atoms with E-state index >= 15 is 0 Å². The lowest BCUT2D eigenvalue weighted by atomic mass is 10.1. The van der Waals surface area contributed by atoms with Crippen LogP contribution >= 0.6 is 15.9 Å². The van der Waals surface area contributed by atoms with Crippen molar-refractivity contribution in [3.05, 3.63) is 22.2 Å². The summed E-state index contributed by atoms with van der Waals surface area (Å²) < 4.78 is 12.1. The summed E-state index contributed by atoms with van der Waals surface area (Å²) in [5.74, 6) is 1.18. The molecule has 0 aromatic heterocycles. The van der Waals surface area contributed by atoms with Crippen molar-refractivity contribution in [1.82, 2.24) is 0 Å². The standard InChI is InChI=1S/C14H17BrO3/c1-9(16)12-7-10(15)8-13(17-2)14(12)18-11-5-3-4-6-11/h7-8,11H,3-6H2,1-2H3. The van der Waals surface area contributed by atoms with E-state index in [1.807, 2.05) is 6.07 Å². The number of carbonyl (C=O) groups excluding carboxylic acids is 1. The monoisotopic (exact) mass is 312 g/mol. The Bertz CT molecular complexity index is 451. The topological polar surface area (TPSA) is 35.5 Å². The van der Waals surface area contributed by atoms with E-state index in [4.69, 9.17) is 9.47 Å². The summed E-state index contributed by atoms with van der Waals surface area (Å²) in [4.78, 5) is 11.7. The quantitative estimate of drug-likeness (QED) is 0.789. The Labute approximate surface area is 116 Å². The number of hydrogen-bond acceptors (Lipinski definition) is 3. The van der Waals surface area contributed by atoms with Gasteiger partial charge in [-0.05, 0) is 44.7 Å². The second-order valence-electron chi connectivity index (χ2n) is 4.57. The largest absolute Gasteiger partial charge is 0.493 e. The fraction of sp³-hybridized carbons (Fsp3) is 0.500. The summed E-state index contributed by atoms with van der Waals surface area (Å²) in [5.41, 5.74) is 0.577. The van der Waals surface area contributed by atoms with E-state index in [9.17, 15) is 4.79 Å². The van der Waals surface area contributed by atoms with Crippen LogP contribution in [0.1, 0.15) is 43.0 Å². The van der Waals surface area contributed by atoms with Crippen LogP contribution in [0.25, 0.3) is 0 Å². The predicted octanol–water partition coefficient (Wildman–Crippen LogP) is 3.98. The first-order chi connectivity index (χ1) is 8.61. The Kier molecular flexibility index (Phi) is 4.27. The Morgan fingerprint density at radius 3 is 2.56 bits per heavy atom. The van der Waals surface area contributed by atoms with Crippen LogP contribution in [0.15, 0.2) is 16.6 Å². The summed E-state index contributed by atoms with van der Waals surface area (Å²) in [5, 5.41) is 0. The van der Waals surface area contributed by atoms with Crippen LogP contribution in [0.3, 0.4) is 0 Å². The predicted molar refractivity (Wildman–Crippen MR) is 73.6 cm³/mol. The van der Waals surface area contributed by atoms with Crippen molar-refractivity contribution in [2.24, 2.45) is 0 Å². The molecule has 1 aliphatic rings. The van der Waals surface area contributed by atoms with E-state index < -0.39 is 0 Å². The zero-order valence-electron chi connectivity index (χ0n) is 10.7. The number of carbonyl (C=O) groups is 1. The number of ketones is 1. The normalized spacial score (nSPS) is 15.7. The molecule has 0 radical (unpaired) electrons. The summed E-state index contributed by atoms with van der Waals surface area (Å²) in [6.07, 6.45) is 4.70. The molecule has 0 amide bonds. The van der Waals surface area contributed by atoms with Gasteiger partial charge in [0.05, 0.1) is 18.8 Å². The second kappa shape index (κ2) is 5.74. The van der Waals surface area contributed by atoms with Crippen molar-refractivity contribution >= 4 is 21.7 Å². The van der Waals surface area contributed by atoms with E-state index in [-0.39, 0.29) is 11.9 Å². The van der Waals surface area contributed by atoms with Crippen LogP contribution in [-0.2, 0) is 0 Å². The first-order valence-electron chi connectivity index (χ1n) is 6.17. The van der Waals surface area contributed by atoms with E-state index in [1.54, 1.807) is 20.1 Å². The smallest absolute Gasteiger partial charge is 0.172 e. The Morgan fingerprint density at radius 2 is 2.00 bits per heavy atom. The van der Waals surface area contributed by atoms with Crippen molar-refractivity contribution in [3.63, 3.8) is 0 Å². The van der Waals surface area contributed by atoms with Crippen LogP contribution in [0.4, 0.5) is 0 Å². The molecule has 18 heavy (non-hydrogen) atoms. The van der Waals surface area contributed by atoms with Gasteiger partial charge in [-0.25, -0.2) is 0 Å². The maximum atomic E-state index is 11.7. The summed E-state index contributed by atoms with van der Waals surface area (Å²) in [6, 6.07) is 3.62. The third-order valence-corrected chi connectivity index (χ3v) is 3.66. The molecule has 0 unspecified atom stereocenters. The lowest BCUT2D eigenvalue weighted by molar-refractivity contribution is 0.100. The van der Waals surface area contributed by atoms with Gasteiger partial charge < -0.3 is 9.47 Å². The average molecular weight is 313 g/mol. The Morgan fingerprint density at radius 1 is 1.33 bits per heavy atom. The molecule has 1 aliphatic carbocycles. The van der Waals surface area contributed by atoms with Gasteiger partial charge >= 0.3 is 0 Å². The number of Topliss-reactive ketones (excluding diaryl/α,β-unsaturated/α-hetero) is 1. The summed E-state index contributed by atoms with van der Waals surface area (Å²) in [7, 11) is 1.59. The molecule has 98 valence electrons. The molecular weight excluding hydrogens is 296 g/mol. The molecule has 1 fully saturated rings. The summed E-state index contributed by atoms with van der Waals surface area (Å²) >= 11 is 3.38. The fourth-order valence-electron chi connectivity index (χ4n) is 2.28. The molecule has 4 heteroatoms. The van der Waals surface area contributed by atoms with Gasteiger partial charge in [-0.2, -0.15) is 0 Å². The van der Waals surface area contributed by atoms with Crippen molar-refractivity contribution in [2.75, 3.05) is 7.11 Å². The van der Waals surface area contributed by atoms with Gasteiger partial charge in [0.25, 0.3) is 0 Å². The maximum Gasteiger partial charge on any atom is 0.172 e. The Balaban J connectivity index is 2.37. The number of rotatable bonds is 4. The summed E-state index contributed by atoms with van der Waals surface area (Å²) in [6.45, 7) is 1.54. The van der Waals surface area contributed by atoms with Crippen LogP contribution in [0.2, 0.25) is 0 Å². The average Bonchev–Trinajstić information content (AvgIpc) is 2.83. The molecule has 0 heterocycles. The number of hydrogen-bond donors (Lipinski definition) is 0. The molecular formula is C14H17BrO3. The molecule has 1 aromatic rings. The van der Waals surface area contributed by atoms with E-state index in [0.717, 1.165) is 17.3 Å². The van der Waals surface area contributed by atoms with Gasteiger partial charge in [0.2, 0.25) is 0 Å². The molecule has 0 N–H and O–H groups in total. The lowest BCUT2D eigenvalue weighted by Crippen LogP contribution is -2.14. The number of ether oxygens (including phenoxy) is 2. The first kappa shape index (κ1) is 13.4.